The fraction of sp³-hybridized carbons (Fsp3) is 0.538. The summed E-state index contributed by atoms with van der Waals surface area (Å²) in [5.74, 6) is -0.445. The van der Waals surface area contributed by atoms with E-state index in [1.165, 1.54) is 5.56 Å². The second-order valence-electron chi connectivity index (χ2n) is 4.36. The highest BCUT2D eigenvalue weighted by molar-refractivity contribution is 5.16. The fourth-order valence-electron chi connectivity index (χ4n) is 2.02. The third kappa shape index (κ3) is 2.80. The molecule has 1 aliphatic rings. The zero-order chi connectivity index (χ0) is 10.7. The van der Waals surface area contributed by atoms with Crippen LogP contribution in [0, 0.1) is 0 Å². The summed E-state index contributed by atoms with van der Waals surface area (Å²) >= 11 is 0. The lowest BCUT2D eigenvalue weighted by Gasteiger charge is -2.37. The van der Waals surface area contributed by atoms with Crippen LogP contribution in [0.25, 0.3) is 0 Å². The summed E-state index contributed by atoms with van der Waals surface area (Å²) in [4.78, 5) is 0. The Morgan fingerprint density at radius 2 is 2.07 bits per heavy atom. The second-order valence-corrected chi connectivity index (χ2v) is 4.36. The van der Waals surface area contributed by atoms with Crippen LogP contribution in [0.2, 0.25) is 0 Å². The van der Waals surface area contributed by atoms with Gasteiger partial charge >= 0.3 is 0 Å². The van der Waals surface area contributed by atoms with Gasteiger partial charge in [-0.05, 0) is 25.8 Å². The molecule has 0 bridgehead atoms. The first-order valence-electron chi connectivity index (χ1n) is 5.54. The largest absolute Gasteiger partial charge is 0.350 e. The third-order valence-corrected chi connectivity index (χ3v) is 2.75. The zero-order valence-electron chi connectivity index (χ0n) is 9.40. The van der Waals surface area contributed by atoms with Gasteiger partial charge in [-0.15, -0.1) is 0 Å². The quantitative estimate of drug-likeness (QED) is 0.740. The zero-order valence-corrected chi connectivity index (χ0v) is 9.40. The maximum atomic E-state index is 5.86. The monoisotopic (exact) mass is 206 g/mol. The van der Waals surface area contributed by atoms with E-state index in [1.807, 2.05) is 25.1 Å². The van der Waals surface area contributed by atoms with Crippen molar-refractivity contribution in [3.05, 3.63) is 35.9 Å². The molecule has 0 spiro atoms. The minimum Gasteiger partial charge on any atom is -0.350 e. The van der Waals surface area contributed by atoms with E-state index in [9.17, 15) is 0 Å². The fourth-order valence-corrected chi connectivity index (χ4v) is 2.02. The van der Waals surface area contributed by atoms with Gasteiger partial charge in [-0.3, -0.25) is 0 Å². The van der Waals surface area contributed by atoms with Gasteiger partial charge in [0.15, 0.2) is 5.79 Å². The molecule has 0 aliphatic carbocycles. The predicted octanol–water partition coefficient (Wildman–Crippen LogP) is 2.77. The Morgan fingerprint density at radius 1 is 1.33 bits per heavy atom. The topological polar surface area (TPSA) is 18.5 Å². The highest BCUT2D eigenvalue weighted by Crippen LogP contribution is 2.26. The van der Waals surface area contributed by atoms with E-state index in [-0.39, 0.29) is 0 Å². The van der Waals surface area contributed by atoms with Crippen molar-refractivity contribution in [1.82, 2.24) is 0 Å². The summed E-state index contributed by atoms with van der Waals surface area (Å²) in [5, 5.41) is 0. The molecule has 1 saturated heterocycles. The van der Waals surface area contributed by atoms with Crippen molar-refractivity contribution in [3.63, 3.8) is 0 Å². The molecule has 82 valence electrons. The molecule has 0 amide bonds. The van der Waals surface area contributed by atoms with Gasteiger partial charge in [-0.2, -0.15) is 0 Å². The molecule has 1 aromatic carbocycles. The van der Waals surface area contributed by atoms with Crippen LogP contribution in [0.15, 0.2) is 30.3 Å². The molecular weight excluding hydrogens is 188 g/mol. The van der Waals surface area contributed by atoms with Crippen molar-refractivity contribution in [2.24, 2.45) is 0 Å². The first kappa shape index (κ1) is 10.7. The normalized spacial score (nSPS) is 31.5. The van der Waals surface area contributed by atoms with Crippen LogP contribution in [-0.4, -0.2) is 18.5 Å². The summed E-state index contributed by atoms with van der Waals surface area (Å²) in [6, 6.07) is 10.3. The van der Waals surface area contributed by atoms with Crippen LogP contribution in [0.1, 0.15) is 25.8 Å². The predicted molar refractivity (Wildman–Crippen MR) is 59.7 cm³/mol. The number of hydrogen-bond acceptors (Lipinski definition) is 2. The van der Waals surface area contributed by atoms with Crippen LogP contribution in [-0.2, 0) is 15.9 Å². The second kappa shape index (κ2) is 4.33. The SMILES string of the molecule is C[C@@H]1CCO[C@](C)(Cc2ccccc2)O1. The van der Waals surface area contributed by atoms with E-state index in [2.05, 4.69) is 19.1 Å². The van der Waals surface area contributed by atoms with Crippen LogP contribution >= 0.6 is 0 Å². The molecule has 15 heavy (non-hydrogen) atoms. The molecule has 1 aromatic rings. The molecule has 0 N–H and O–H groups in total. The lowest BCUT2D eigenvalue weighted by atomic mass is 10.0. The number of benzene rings is 1. The van der Waals surface area contributed by atoms with Crippen LogP contribution in [0.4, 0.5) is 0 Å². The van der Waals surface area contributed by atoms with Crippen molar-refractivity contribution in [2.45, 2.75) is 38.6 Å². The van der Waals surface area contributed by atoms with Crippen molar-refractivity contribution in [3.8, 4) is 0 Å². The smallest absolute Gasteiger partial charge is 0.169 e. The lowest BCUT2D eigenvalue weighted by Crippen LogP contribution is -2.42. The molecule has 2 heteroatoms. The summed E-state index contributed by atoms with van der Waals surface area (Å²) in [6.45, 7) is 4.92. The third-order valence-electron chi connectivity index (χ3n) is 2.75. The summed E-state index contributed by atoms with van der Waals surface area (Å²) in [5.41, 5.74) is 1.26. The Labute approximate surface area is 91.2 Å². The molecule has 1 aliphatic heterocycles. The van der Waals surface area contributed by atoms with E-state index in [0.29, 0.717) is 6.10 Å². The Kier molecular flexibility index (Phi) is 3.08. The standard InChI is InChI=1S/C13H18O2/c1-11-8-9-14-13(2,15-11)10-12-6-4-3-5-7-12/h3-7,11H,8-10H2,1-2H3/t11-,13+/m1/s1. The van der Waals surface area contributed by atoms with E-state index in [0.717, 1.165) is 19.4 Å². The van der Waals surface area contributed by atoms with Crippen LogP contribution in [0.3, 0.4) is 0 Å². The number of rotatable bonds is 2. The minimum absolute atomic E-state index is 0.299. The van der Waals surface area contributed by atoms with Gasteiger partial charge in [0.25, 0.3) is 0 Å². The molecule has 0 saturated carbocycles. The van der Waals surface area contributed by atoms with Gasteiger partial charge in [0, 0.05) is 6.42 Å². The molecule has 2 rings (SSSR count). The number of hydrogen-bond donors (Lipinski definition) is 0. The molecular formula is C13H18O2. The van der Waals surface area contributed by atoms with Crippen molar-refractivity contribution in [2.75, 3.05) is 6.61 Å². The van der Waals surface area contributed by atoms with Gasteiger partial charge in [-0.25, -0.2) is 0 Å². The van der Waals surface area contributed by atoms with E-state index in [4.69, 9.17) is 9.47 Å². The van der Waals surface area contributed by atoms with Gasteiger partial charge < -0.3 is 9.47 Å². The maximum absolute atomic E-state index is 5.86. The van der Waals surface area contributed by atoms with E-state index < -0.39 is 5.79 Å². The van der Waals surface area contributed by atoms with Gasteiger partial charge in [0.1, 0.15) is 0 Å². The number of ether oxygens (including phenoxy) is 2. The molecule has 0 aromatic heterocycles. The summed E-state index contributed by atoms with van der Waals surface area (Å²) in [6.07, 6.45) is 2.11. The molecule has 1 heterocycles. The molecule has 0 radical (unpaired) electrons. The highest BCUT2D eigenvalue weighted by Gasteiger charge is 2.32. The average molecular weight is 206 g/mol. The first-order chi connectivity index (χ1) is 7.18. The molecule has 2 atom stereocenters. The minimum atomic E-state index is -0.445. The Morgan fingerprint density at radius 3 is 2.73 bits per heavy atom. The van der Waals surface area contributed by atoms with Crippen molar-refractivity contribution < 1.29 is 9.47 Å². The van der Waals surface area contributed by atoms with Crippen LogP contribution < -0.4 is 0 Å². The summed E-state index contributed by atoms with van der Waals surface area (Å²) in [7, 11) is 0. The van der Waals surface area contributed by atoms with Gasteiger partial charge in [-0.1, -0.05) is 30.3 Å². The van der Waals surface area contributed by atoms with Gasteiger partial charge in [0.05, 0.1) is 12.7 Å². The average Bonchev–Trinajstić information content (AvgIpc) is 2.18. The lowest BCUT2D eigenvalue weighted by molar-refractivity contribution is -0.278. The molecule has 1 fully saturated rings. The Balaban J connectivity index is 2.04. The van der Waals surface area contributed by atoms with E-state index >= 15 is 0 Å². The van der Waals surface area contributed by atoms with Crippen molar-refractivity contribution >= 4 is 0 Å². The molecule has 2 nitrogen and oxygen atoms in total. The van der Waals surface area contributed by atoms with E-state index in [1.54, 1.807) is 0 Å². The highest BCUT2D eigenvalue weighted by atomic mass is 16.7. The summed E-state index contributed by atoms with van der Waals surface area (Å²) < 4.78 is 11.6. The van der Waals surface area contributed by atoms with Crippen molar-refractivity contribution in [1.29, 1.82) is 0 Å². The maximum Gasteiger partial charge on any atom is 0.169 e. The Hall–Kier alpha value is -0.860. The molecule has 0 unspecified atom stereocenters. The first-order valence-corrected chi connectivity index (χ1v) is 5.54. The van der Waals surface area contributed by atoms with Crippen LogP contribution in [0.5, 0.6) is 0 Å². The van der Waals surface area contributed by atoms with Gasteiger partial charge in [0.2, 0.25) is 0 Å². The Bertz CT molecular complexity index is 310.